The topological polar surface area (TPSA) is 49.3 Å². The van der Waals surface area contributed by atoms with Crippen molar-refractivity contribution in [3.63, 3.8) is 0 Å². The first-order valence-electron chi connectivity index (χ1n) is 5.91. The first kappa shape index (κ1) is 14.6. The first-order valence-corrected chi connectivity index (χ1v) is 5.91. The summed E-state index contributed by atoms with van der Waals surface area (Å²) >= 11 is 0. The van der Waals surface area contributed by atoms with Crippen LogP contribution in [0.4, 0.5) is 8.78 Å². The van der Waals surface area contributed by atoms with Gasteiger partial charge in [0.2, 0.25) is 5.91 Å². The summed E-state index contributed by atoms with van der Waals surface area (Å²) in [6, 6.07) is 3.34. The minimum absolute atomic E-state index is 0.104. The van der Waals surface area contributed by atoms with Crippen LogP contribution in [-0.2, 0) is 11.2 Å². The SMILES string of the molecule is CC[C@@H](CO)NC(=O)CCc1ccc(F)c(F)c1. The van der Waals surface area contributed by atoms with Gasteiger partial charge in [0.1, 0.15) is 0 Å². The highest BCUT2D eigenvalue weighted by Crippen LogP contribution is 2.10. The summed E-state index contributed by atoms with van der Waals surface area (Å²) in [6.45, 7) is 1.75. The molecule has 100 valence electrons. The van der Waals surface area contributed by atoms with E-state index in [-0.39, 0.29) is 25.0 Å². The van der Waals surface area contributed by atoms with Crippen molar-refractivity contribution in [2.75, 3.05) is 6.61 Å². The molecule has 5 heteroatoms. The number of benzene rings is 1. The molecule has 0 heterocycles. The third kappa shape index (κ3) is 4.41. The number of amides is 1. The molecule has 0 aliphatic heterocycles. The Kier molecular flexibility index (Phi) is 5.71. The summed E-state index contributed by atoms with van der Waals surface area (Å²) in [7, 11) is 0. The van der Waals surface area contributed by atoms with E-state index in [0.717, 1.165) is 12.1 Å². The highest BCUT2D eigenvalue weighted by molar-refractivity contribution is 5.76. The second kappa shape index (κ2) is 7.06. The molecule has 0 saturated heterocycles. The minimum atomic E-state index is -0.908. The molecular weight excluding hydrogens is 240 g/mol. The number of aliphatic hydroxyl groups is 1. The van der Waals surface area contributed by atoms with E-state index < -0.39 is 11.6 Å². The Labute approximate surface area is 105 Å². The van der Waals surface area contributed by atoms with E-state index >= 15 is 0 Å². The van der Waals surface area contributed by atoms with E-state index in [1.807, 2.05) is 6.92 Å². The van der Waals surface area contributed by atoms with Gasteiger partial charge in [-0.2, -0.15) is 0 Å². The van der Waals surface area contributed by atoms with Gasteiger partial charge in [0, 0.05) is 6.42 Å². The molecule has 0 aliphatic rings. The van der Waals surface area contributed by atoms with Crippen molar-refractivity contribution >= 4 is 5.91 Å². The maximum absolute atomic E-state index is 12.9. The van der Waals surface area contributed by atoms with E-state index in [2.05, 4.69) is 5.32 Å². The van der Waals surface area contributed by atoms with Crippen LogP contribution in [0.5, 0.6) is 0 Å². The Morgan fingerprint density at radius 2 is 2.11 bits per heavy atom. The van der Waals surface area contributed by atoms with Crippen molar-refractivity contribution in [1.82, 2.24) is 5.32 Å². The van der Waals surface area contributed by atoms with Gasteiger partial charge in [-0.15, -0.1) is 0 Å². The van der Waals surface area contributed by atoms with E-state index in [0.29, 0.717) is 18.4 Å². The molecule has 1 atom stereocenters. The molecule has 1 rings (SSSR count). The van der Waals surface area contributed by atoms with Gasteiger partial charge in [-0.3, -0.25) is 4.79 Å². The Morgan fingerprint density at radius 3 is 2.67 bits per heavy atom. The van der Waals surface area contributed by atoms with Gasteiger partial charge in [-0.25, -0.2) is 8.78 Å². The highest BCUT2D eigenvalue weighted by atomic mass is 19.2. The monoisotopic (exact) mass is 257 g/mol. The normalized spacial score (nSPS) is 12.2. The minimum Gasteiger partial charge on any atom is -0.394 e. The molecule has 0 radical (unpaired) electrons. The van der Waals surface area contributed by atoms with Crippen LogP contribution in [0.25, 0.3) is 0 Å². The fourth-order valence-corrected chi connectivity index (χ4v) is 1.53. The van der Waals surface area contributed by atoms with Crippen molar-refractivity contribution in [2.45, 2.75) is 32.2 Å². The summed E-state index contributed by atoms with van der Waals surface area (Å²) in [5.74, 6) is -2.01. The lowest BCUT2D eigenvalue weighted by molar-refractivity contribution is -0.122. The standard InChI is InChI=1S/C13H17F2NO2/c1-2-10(8-17)16-13(18)6-4-9-3-5-11(14)12(15)7-9/h3,5,7,10,17H,2,4,6,8H2,1H3,(H,16,18)/t10-/m0/s1. The number of aryl methyl sites for hydroxylation is 1. The maximum atomic E-state index is 12.9. The number of halogens is 2. The Balaban J connectivity index is 2.44. The van der Waals surface area contributed by atoms with Crippen LogP contribution in [0, 0.1) is 11.6 Å². The molecule has 1 aromatic rings. The second-order valence-electron chi connectivity index (χ2n) is 4.10. The zero-order valence-corrected chi connectivity index (χ0v) is 10.2. The number of carbonyl (C=O) groups is 1. The quantitative estimate of drug-likeness (QED) is 0.816. The number of aliphatic hydroxyl groups excluding tert-OH is 1. The number of hydrogen-bond acceptors (Lipinski definition) is 2. The molecule has 0 bridgehead atoms. The van der Waals surface area contributed by atoms with Crippen LogP contribution in [0.3, 0.4) is 0 Å². The number of nitrogens with one attached hydrogen (secondary N) is 1. The Hall–Kier alpha value is -1.49. The van der Waals surface area contributed by atoms with Crippen molar-refractivity contribution in [3.05, 3.63) is 35.4 Å². The van der Waals surface area contributed by atoms with Crippen molar-refractivity contribution in [2.24, 2.45) is 0 Å². The van der Waals surface area contributed by atoms with E-state index in [9.17, 15) is 13.6 Å². The average Bonchev–Trinajstić information content (AvgIpc) is 2.37. The lowest BCUT2D eigenvalue weighted by Crippen LogP contribution is -2.37. The lowest BCUT2D eigenvalue weighted by Gasteiger charge is -2.13. The van der Waals surface area contributed by atoms with E-state index in [4.69, 9.17) is 5.11 Å². The highest BCUT2D eigenvalue weighted by Gasteiger charge is 2.09. The average molecular weight is 257 g/mol. The van der Waals surface area contributed by atoms with Gasteiger partial charge in [0.25, 0.3) is 0 Å². The number of rotatable bonds is 6. The van der Waals surface area contributed by atoms with Gasteiger partial charge in [-0.1, -0.05) is 13.0 Å². The molecule has 2 N–H and O–H groups in total. The van der Waals surface area contributed by atoms with Crippen molar-refractivity contribution in [3.8, 4) is 0 Å². The molecule has 0 spiro atoms. The fraction of sp³-hybridized carbons (Fsp3) is 0.462. The Morgan fingerprint density at radius 1 is 1.39 bits per heavy atom. The third-order valence-corrected chi connectivity index (χ3v) is 2.70. The largest absolute Gasteiger partial charge is 0.394 e. The van der Waals surface area contributed by atoms with Gasteiger partial charge < -0.3 is 10.4 Å². The number of hydrogen-bond donors (Lipinski definition) is 2. The number of carbonyl (C=O) groups excluding carboxylic acids is 1. The molecule has 0 unspecified atom stereocenters. The van der Waals surface area contributed by atoms with Crippen LogP contribution in [0.2, 0.25) is 0 Å². The summed E-state index contributed by atoms with van der Waals surface area (Å²) in [4.78, 5) is 11.5. The zero-order valence-electron chi connectivity index (χ0n) is 10.2. The first-order chi connectivity index (χ1) is 8.56. The lowest BCUT2D eigenvalue weighted by atomic mass is 10.1. The molecular formula is C13H17F2NO2. The van der Waals surface area contributed by atoms with Crippen molar-refractivity contribution in [1.29, 1.82) is 0 Å². The molecule has 0 aliphatic carbocycles. The van der Waals surface area contributed by atoms with E-state index in [1.165, 1.54) is 6.07 Å². The predicted molar refractivity (Wildman–Crippen MR) is 64.0 cm³/mol. The molecule has 1 aromatic carbocycles. The summed E-state index contributed by atoms with van der Waals surface area (Å²) in [5.41, 5.74) is 0.570. The smallest absolute Gasteiger partial charge is 0.220 e. The summed E-state index contributed by atoms with van der Waals surface area (Å²) in [5, 5.41) is 11.6. The summed E-state index contributed by atoms with van der Waals surface area (Å²) < 4.78 is 25.6. The van der Waals surface area contributed by atoms with E-state index in [1.54, 1.807) is 0 Å². The van der Waals surface area contributed by atoms with Crippen LogP contribution in [0.1, 0.15) is 25.3 Å². The van der Waals surface area contributed by atoms with Gasteiger partial charge in [0.05, 0.1) is 12.6 Å². The molecule has 0 aromatic heterocycles. The van der Waals surface area contributed by atoms with Crippen molar-refractivity contribution < 1.29 is 18.7 Å². The fourth-order valence-electron chi connectivity index (χ4n) is 1.53. The second-order valence-corrected chi connectivity index (χ2v) is 4.10. The van der Waals surface area contributed by atoms with Crippen LogP contribution >= 0.6 is 0 Å². The maximum Gasteiger partial charge on any atom is 0.220 e. The van der Waals surface area contributed by atoms with Crippen LogP contribution in [0.15, 0.2) is 18.2 Å². The van der Waals surface area contributed by atoms with Gasteiger partial charge in [0.15, 0.2) is 11.6 Å². The van der Waals surface area contributed by atoms with Crippen LogP contribution in [-0.4, -0.2) is 23.7 Å². The molecule has 1 amide bonds. The molecule has 18 heavy (non-hydrogen) atoms. The van der Waals surface area contributed by atoms with Gasteiger partial charge >= 0.3 is 0 Å². The molecule has 3 nitrogen and oxygen atoms in total. The summed E-state index contributed by atoms with van der Waals surface area (Å²) in [6.07, 6.45) is 1.17. The Bertz CT molecular complexity index is 406. The molecule has 0 fully saturated rings. The van der Waals surface area contributed by atoms with Gasteiger partial charge in [-0.05, 0) is 30.5 Å². The predicted octanol–water partition coefficient (Wildman–Crippen LogP) is 1.78. The third-order valence-electron chi connectivity index (χ3n) is 2.70. The molecule has 0 saturated carbocycles. The van der Waals surface area contributed by atoms with Crippen LogP contribution < -0.4 is 5.32 Å². The zero-order chi connectivity index (χ0) is 13.5.